The SMILES string of the molecule is C=C(C#N)/C(C)=C\C(=CC)c1cc(C(F)(F)F)ccc1C. The largest absolute Gasteiger partial charge is 0.416 e. The lowest BCUT2D eigenvalue weighted by Crippen LogP contribution is -2.06. The molecule has 0 N–H and O–H groups in total. The number of nitriles is 1. The van der Waals surface area contributed by atoms with Gasteiger partial charge in [0, 0.05) is 5.57 Å². The zero-order chi connectivity index (χ0) is 16.2. The zero-order valence-corrected chi connectivity index (χ0v) is 12.2. The van der Waals surface area contributed by atoms with Gasteiger partial charge < -0.3 is 0 Å². The summed E-state index contributed by atoms with van der Waals surface area (Å²) in [5.74, 6) is 0. The summed E-state index contributed by atoms with van der Waals surface area (Å²) in [4.78, 5) is 0. The second kappa shape index (κ2) is 6.45. The summed E-state index contributed by atoms with van der Waals surface area (Å²) in [6, 6.07) is 5.57. The van der Waals surface area contributed by atoms with Crippen LogP contribution in [0.3, 0.4) is 0 Å². The van der Waals surface area contributed by atoms with Gasteiger partial charge in [0.1, 0.15) is 0 Å². The van der Waals surface area contributed by atoms with Gasteiger partial charge in [0.05, 0.1) is 11.6 Å². The molecule has 110 valence electrons. The standard InChI is InChI=1S/C17H16F3N/c1-5-14(8-12(3)13(4)10-21)16-9-15(17(18,19)20)7-6-11(16)2/h5-9H,4H2,1-3H3/b12-8-,14-5?. The van der Waals surface area contributed by atoms with Crippen molar-refractivity contribution in [3.63, 3.8) is 0 Å². The molecule has 0 atom stereocenters. The van der Waals surface area contributed by atoms with Gasteiger partial charge in [0.2, 0.25) is 0 Å². The maximum absolute atomic E-state index is 12.8. The van der Waals surface area contributed by atoms with Crippen LogP contribution >= 0.6 is 0 Å². The van der Waals surface area contributed by atoms with Gasteiger partial charge in [-0.15, -0.1) is 0 Å². The van der Waals surface area contributed by atoms with Crippen molar-refractivity contribution < 1.29 is 13.2 Å². The Morgan fingerprint density at radius 2 is 1.95 bits per heavy atom. The highest BCUT2D eigenvalue weighted by Gasteiger charge is 2.30. The molecule has 0 spiro atoms. The van der Waals surface area contributed by atoms with Crippen LogP contribution in [0.15, 0.2) is 48.1 Å². The Morgan fingerprint density at radius 1 is 1.33 bits per heavy atom. The molecular formula is C17H16F3N. The van der Waals surface area contributed by atoms with Gasteiger partial charge in [-0.3, -0.25) is 0 Å². The zero-order valence-electron chi connectivity index (χ0n) is 12.2. The lowest BCUT2D eigenvalue weighted by molar-refractivity contribution is -0.137. The first kappa shape index (κ1) is 16.8. The molecule has 0 saturated carbocycles. The number of rotatable bonds is 3. The monoisotopic (exact) mass is 291 g/mol. The van der Waals surface area contributed by atoms with E-state index in [9.17, 15) is 13.2 Å². The first-order valence-electron chi connectivity index (χ1n) is 6.33. The minimum absolute atomic E-state index is 0.291. The second-order valence-electron chi connectivity index (χ2n) is 4.69. The van der Waals surface area contributed by atoms with Crippen molar-refractivity contribution in [1.29, 1.82) is 5.26 Å². The van der Waals surface area contributed by atoms with Crippen LogP contribution in [0.5, 0.6) is 0 Å². The van der Waals surface area contributed by atoms with Crippen molar-refractivity contribution in [3.8, 4) is 6.07 Å². The molecule has 0 aliphatic carbocycles. The molecule has 0 aliphatic heterocycles. The van der Waals surface area contributed by atoms with Gasteiger partial charge in [-0.05, 0) is 55.2 Å². The maximum atomic E-state index is 12.8. The predicted octanol–water partition coefficient (Wildman–Crippen LogP) is 5.44. The van der Waals surface area contributed by atoms with Crippen LogP contribution in [0.25, 0.3) is 5.57 Å². The number of alkyl halides is 3. The topological polar surface area (TPSA) is 23.8 Å². The first-order chi connectivity index (χ1) is 9.70. The lowest BCUT2D eigenvalue weighted by atomic mass is 9.95. The number of hydrogen-bond acceptors (Lipinski definition) is 1. The molecule has 0 saturated heterocycles. The molecule has 1 nitrogen and oxygen atoms in total. The average molecular weight is 291 g/mol. The van der Waals surface area contributed by atoms with E-state index in [1.54, 1.807) is 32.9 Å². The maximum Gasteiger partial charge on any atom is 0.416 e. The Morgan fingerprint density at radius 3 is 2.43 bits per heavy atom. The average Bonchev–Trinajstić information content (AvgIpc) is 2.43. The summed E-state index contributed by atoms with van der Waals surface area (Å²) in [5, 5.41) is 8.81. The third kappa shape index (κ3) is 4.09. The molecule has 1 aromatic rings. The van der Waals surface area contributed by atoms with Gasteiger partial charge >= 0.3 is 6.18 Å². The van der Waals surface area contributed by atoms with Crippen molar-refractivity contribution in [2.24, 2.45) is 0 Å². The molecule has 0 fully saturated rings. The van der Waals surface area contributed by atoms with E-state index in [2.05, 4.69) is 6.58 Å². The van der Waals surface area contributed by atoms with Crippen LogP contribution in [0.4, 0.5) is 13.2 Å². The van der Waals surface area contributed by atoms with E-state index in [0.29, 0.717) is 22.3 Å². The Bertz CT molecular complexity index is 656. The molecule has 0 heterocycles. The quantitative estimate of drug-likeness (QED) is 0.537. The van der Waals surface area contributed by atoms with Gasteiger partial charge in [0.15, 0.2) is 0 Å². The number of halogens is 3. The number of aryl methyl sites for hydroxylation is 1. The van der Waals surface area contributed by atoms with Gasteiger partial charge in [0.25, 0.3) is 0 Å². The van der Waals surface area contributed by atoms with Crippen LogP contribution < -0.4 is 0 Å². The van der Waals surface area contributed by atoms with E-state index < -0.39 is 11.7 Å². The second-order valence-corrected chi connectivity index (χ2v) is 4.69. The summed E-state index contributed by atoms with van der Waals surface area (Å²) in [6.07, 6.45) is -0.985. The van der Waals surface area contributed by atoms with Gasteiger partial charge in [-0.1, -0.05) is 24.8 Å². The Kier molecular flexibility index (Phi) is 5.15. The highest BCUT2D eigenvalue weighted by molar-refractivity contribution is 5.77. The molecule has 1 aromatic carbocycles. The normalized spacial score (nSPS) is 13.0. The van der Waals surface area contributed by atoms with Crippen LogP contribution in [-0.2, 0) is 6.18 Å². The molecule has 1 rings (SSSR count). The Hall–Kier alpha value is -2.28. The van der Waals surface area contributed by atoms with E-state index in [0.717, 1.165) is 17.7 Å². The van der Waals surface area contributed by atoms with Crippen LogP contribution in [-0.4, -0.2) is 0 Å². The molecule has 4 heteroatoms. The first-order valence-corrected chi connectivity index (χ1v) is 6.33. The summed E-state index contributed by atoms with van der Waals surface area (Å²) < 4.78 is 38.5. The third-order valence-corrected chi connectivity index (χ3v) is 3.17. The summed E-state index contributed by atoms with van der Waals surface area (Å²) >= 11 is 0. The van der Waals surface area contributed by atoms with E-state index in [1.165, 1.54) is 6.07 Å². The third-order valence-electron chi connectivity index (χ3n) is 3.17. The summed E-state index contributed by atoms with van der Waals surface area (Å²) in [6.45, 7) is 8.80. The van der Waals surface area contributed by atoms with Crippen LogP contribution in [0.1, 0.15) is 30.5 Å². The van der Waals surface area contributed by atoms with Crippen molar-refractivity contribution in [2.45, 2.75) is 26.9 Å². The fraction of sp³-hybridized carbons (Fsp3) is 0.235. The fourth-order valence-corrected chi connectivity index (χ4v) is 1.83. The minimum atomic E-state index is -4.38. The molecule has 0 aromatic heterocycles. The number of hydrogen-bond donors (Lipinski definition) is 0. The molecule has 0 radical (unpaired) electrons. The number of allylic oxidation sites excluding steroid dienone is 5. The van der Waals surface area contributed by atoms with Crippen LogP contribution in [0.2, 0.25) is 0 Å². The van der Waals surface area contributed by atoms with Crippen molar-refractivity contribution in [3.05, 3.63) is 64.8 Å². The molecule has 0 amide bonds. The predicted molar refractivity (Wildman–Crippen MR) is 78.3 cm³/mol. The number of nitrogens with zero attached hydrogens (tertiary/aromatic N) is 1. The van der Waals surface area contributed by atoms with E-state index in [-0.39, 0.29) is 0 Å². The highest BCUT2D eigenvalue weighted by atomic mass is 19.4. The van der Waals surface area contributed by atoms with E-state index >= 15 is 0 Å². The molecule has 0 bridgehead atoms. The van der Waals surface area contributed by atoms with Crippen molar-refractivity contribution in [1.82, 2.24) is 0 Å². The van der Waals surface area contributed by atoms with Crippen LogP contribution in [0, 0.1) is 18.3 Å². The van der Waals surface area contributed by atoms with Crippen molar-refractivity contribution in [2.75, 3.05) is 0 Å². The van der Waals surface area contributed by atoms with Gasteiger partial charge in [-0.25, -0.2) is 0 Å². The Labute approximate surface area is 122 Å². The summed E-state index contributed by atoms with van der Waals surface area (Å²) in [5.41, 5.74) is 2.10. The van der Waals surface area contributed by atoms with Gasteiger partial charge in [-0.2, -0.15) is 18.4 Å². The van der Waals surface area contributed by atoms with Crippen molar-refractivity contribution >= 4 is 5.57 Å². The van der Waals surface area contributed by atoms with E-state index in [1.807, 2.05) is 6.07 Å². The molecule has 0 unspecified atom stereocenters. The summed E-state index contributed by atoms with van der Waals surface area (Å²) in [7, 11) is 0. The molecular weight excluding hydrogens is 275 g/mol. The minimum Gasteiger partial charge on any atom is -0.192 e. The van der Waals surface area contributed by atoms with E-state index in [4.69, 9.17) is 5.26 Å². The number of benzene rings is 1. The molecule has 0 aliphatic rings. The highest BCUT2D eigenvalue weighted by Crippen LogP contribution is 2.33. The molecule has 21 heavy (non-hydrogen) atoms. The lowest BCUT2D eigenvalue weighted by Gasteiger charge is -2.13. The Balaban J connectivity index is 3.38. The fourth-order valence-electron chi connectivity index (χ4n) is 1.83. The smallest absolute Gasteiger partial charge is 0.192 e.